The molecule has 6 nitrogen and oxygen atoms in total. The molecule has 2 rings (SSSR count). The van der Waals surface area contributed by atoms with Gasteiger partial charge in [0.2, 0.25) is 0 Å². The van der Waals surface area contributed by atoms with Crippen LogP contribution in [0.3, 0.4) is 0 Å². The van der Waals surface area contributed by atoms with E-state index in [4.69, 9.17) is 5.73 Å². The summed E-state index contributed by atoms with van der Waals surface area (Å²) in [7, 11) is 3.96. The summed E-state index contributed by atoms with van der Waals surface area (Å²) in [6, 6.07) is 13.8. The van der Waals surface area contributed by atoms with Crippen molar-refractivity contribution in [3.05, 3.63) is 64.7 Å². The van der Waals surface area contributed by atoms with Crippen molar-refractivity contribution in [3.63, 3.8) is 0 Å². The highest BCUT2D eigenvalue weighted by molar-refractivity contribution is 5.95. The normalized spacial score (nSPS) is 11.6. The Morgan fingerprint density at radius 3 is 2.34 bits per heavy atom. The number of carbonyl (C=O) groups is 1. The summed E-state index contributed by atoms with van der Waals surface area (Å²) in [4.78, 5) is 18.8. The number of anilines is 1. The van der Waals surface area contributed by atoms with E-state index in [1.54, 1.807) is 0 Å². The Kier molecular flexibility index (Phi) is 8.68. The lowest BCUT2D eigenvalue weighted by molar-refractivity contribution is 0.0951. The third-order valence-corrected chi connectivity index (χ3v) is 4.72. The van der Waals surface area contributed by atoms with Crippen molar-refractivity contribution < 1.29 is 4.79 Å². The van der Waals surface area contributed by atoms with E-state index in [1.807, 2.05) is 43.3 Å². The van der Waals surface area contributed by atoms with Gasteiger partial charge in [0.15, 0.2) is 5.96 Å². The number of nitrogens with one attached hydrogen (secondary N) is 2. The Labute approximate surface area is 174 Å². The van der Waals surface area contributed by atoms with Gasteiger partial charge in [-0.15, -0.1) is 0 Å². The number of para-hydroxylation sites is 1. The average molecular weight is 396 g/mol. The van der Waals surface area contributed by atoms with E-state index in [-0.39, 0.29) is 5.91 Å². The van der Waals surface area contributed by atoms with Crippen LogP contribution in [0.25, 0.3) is 0 Å². The molecule has 156 valence electrons. The zero-order valence-electron chi connectivity index (χ0n) is 18.0. The number of likely N-dealkylation sites (N-methyl/N-ethyl adjacent to an activating group) is 1. The second-order valence-corrected chi connectivity index (χ2v) is 7.24. The lowest BCUT2D eigenvalue weighted by atomic mass is 10.0. The van der Waals surface area contributed by atoms with E-state index in [1.165, 1.54) is 11.1 Å². The largest absolute Gasteiger partial charge is 0.370 e. The number of rotatable bonds is 9. The lowest BCUT2D eigenvalue weighted by Gasteiger charge is -2.15. The van der Waals surface area contributed by atoms with Gasteiger partial charge in [0, 0.05) is 24.3 Å². The van der Waals surface area contributed by atoms with Crippen molar-refractivity contribution in [1.29, 1.82) is 0 Å². The van der Waals surface area contributed by atoms with Crippen LogP contribution in [0.1, 0.15) is 40.9 Å². The molecule has 0 radical (unpaired) electrons. The molecular weight excluding hydrogens is 362 g/mol. The van der Waals surface area contributed by atoms with Crippen LogP contribution in [-0.4, -0.2) is 44.0 Å². The van der Waals surface area contributed by atoms with Gasteiger partial charge in [-0.05, 0) is 55.8 Å². The number of nitrogens with two attached hydrogens (primary N) is 1. The SMILES string of the molecule is CCc1cccc(CC)c1NC(N)=NCc1cccc(C(=O)NCCN(C)C)c1. The summed E-state index contributed by atoms with van der Waals surface area (Å²) < 4.78 is 0. The van der Waals surface area contributed by atoms with Crippen LogP contribution >= 0.6 is 0 Å². The summed E-state index contributed by atoms with van der Waals surface area (Å²) in [6.45, 7) is 6.08. The first-order valence-corrected chi connectivity index (χ1v) is 10.1. The molecule has 6 heteroatoms. The first kappa shape index (κ1) is 22.4. The third-order valence-electron chi connectivity index (χ3n) is 4.72. The van der Waals surface area contributed by atoms with Crippen molar-refractivity contribution in [2.75, 3.05) is 32.5 Å². The summed E-state index contributed by atoms with van der Waals surface area (Å²) in [6.07, 6.45) is 1.85. The molecule has 0 heterocycles. The predicted octanol–water partition coefficient (Wildman–Crippen LogP) is 3.03. The molecule has 0 aliphatic heterocycles. The molecule has 2 aromatic carbocycles. The van der Waals surface area contributed by atoms with Gasteiger partial charge in [-0.2, -0.15) is 0 Å². The monoisotopic (exact) mass is 395 g/mol. The molecule has 0 spiro atoms. The molecule has 0 aromatic heterocycles. The fourth-order valence-electron chi connectivity index (χ4n) is 3.05. The van der Waals surface area contributed by atoms with E-state index < -0.39 is 0 Å². The quantitative estimate of drug-likeness (QED) is 0.450. The molecule has 0 fully saturated rings. The molecule has 0 aliphatic rings. The van der Waals surface area contributed by atoms with Gasteiger partial charge in [0.25, 0.3) is 5.91 Å². The number of carbonyl (C=O) groups excluding carboxylic acids is 1. The maximum atomic E-state index is 12.3. The lowest BCUT2D eigenvalue weighted by Crippen LogP contribution is -2.31. The molecule has 0 saturated carbocycles. The van der Waals surface area contributed by atoms with Crippen LogP contribution in [-0.2, 0) is 19.4 Å². The summed E-state index contributed by atoms with van der Waals surface area (Å²) in [5, 5.41) is 6.20. The second-order valence-electron chi connectivity index (χ2n) is 7.24. The third kappa shape index (κ3) is 6.91. The summed E-state index contributed by atoms with van der Waals surface area (Å²) in [5.41, 5.74) is 11.2. The summed E-state index contributed by atoms with van der Waals surface area (Å²) in [5.74, 6) is 0.301. The van der Waals surface area contributed by atoms with Crippen molar-refractivity contribution >= 4 is 17.6 Å². The maximum absolute atomic E-state index is 12.3. The zero-order valence-corrected chi connectivity index (χ0v) is 18.0. The fourth-order valence-corrected chi connectivity index (χ4v) is 3.05. The van der Waals surface area contributed by atoms with Crippen LogP contribution < -0.4 is 16.4 Å². The smallest absolute Gasteiger partial charge is 0.251 e. The minimum absolute atomic E-state index is 0.0757. The number of hydrogen-bond acceptors (Lipinski definition) is 3. The summed E-state index contributed by atoms with van der Waals surface area (Å²) >= 11 is 0. The molecule has 1 amide bonds. The molecule has 2 aromatic rings. The van der Waals surface area contributed by atoms with Gasteiger partial charge in [0.05, 0.1) is 6.54 Å². The molecular formula is C23H33N5O. The average Bonchev–Trinajstić information content (AvgIpc) is 2.72. The number of nitrogens with zero attached hydrogens (tertiary/aromatic N) is 2. The van der Waals surface area contributed by atoms with Crippen molar-refractivity contribution in [2.45, 2.75) is 33.2 Å². The van der Waals surface area contributed by atoms with Gasteiger partial charge >= 0.3 is 0 Å². The van der Waals surface area contributed by atoms with Gasteiger partial charge < -0.3 is 21.3 Å². The molecule has 29 heavy (non-hydrogen) atoms. The first-order chi connectivity index (χ1) is 13.9. The molecule has 0 atom stereocenters. The Hall–Kier alpha value is -2.86. The molecule has 0 unspecified atom stereocenters. The highest BCUT2D eigenvalue weighted by Crippen LogP contribution is 2.22. The van der Waals surface area contributed by atoms with Gasteiger partial charge in [-0.3, -0.25) is 4.79 Å². The Bertz CT molecular complexity index is 823. The molecule has 0 bridgehead atoms. The number of aryl methyl sites for hydroxylation is 2. The number of benzene rings is 2. The topological polar surface area (TPSA) is 82.7 Å². The Morgan fingerprint density at radius 2 is 1.72 bits per heavy atom. The zero-order chi connectivity index (χ0) is 21.2. The minimum atomic E-state index is -0.0757. The number of guanidine groups is 1. The minimum Gasteiger partial charge on any atom is -0.370 e. The van der Waals surface area contributed by atoms with Crippen LogP contribution in [0.15, 0.2) is 47.5 Å². The van der Waals surface area contributed by atoms with E-state index in [9.17, 15) is 4.79 Å². The molecule has 4 N–H and O–H groups in total. The van der Waals surface area contributed by atoms with Crippen LogP contribution in [0.2, 0.25) is 0 Å². The maximum Gasteiger partial charge on any atom is 0.251 e. The first-order valence-electron chi connectivity index (χ1n) is 10.1. The Balaban J connectivity index is 2.04. The van der Waals surface area contributed by atoms with Crippen molar-refractivity contribution in [3.8, 4) is 0 Å². The standard InChI is InChI=1S/C23H33N5O/c1-5-18-10-8-11-19(6-2)21(18)27-23(24)26-16-17-9-7-12-20(15-17)22(29)25-13-14-28(3)4/h7-12,15H,5-6,13-14,16H2,1-4H3,(H,25,29)(H3,24,26,27). The second kappa shape index (κ2) is 11.2. The van der Waals surface area contributed by atoms with Crippen LogP contribution in [0, 0.1) is 0 Å². The van der Waals surface area contributed by atoms with Gasteiger partial charge in [-0.1, -0.05) is 44.2 Å². The van der Waals surface area contributed by atoms with E-state index in [2.05, 4.69) is 47.7 Å². The van der Waals surface area contributed by atoms with E-state index in [0.29, 0.717) is 24.6 Å². The molecule has 0 saturated heterocycles. The highest BCUT2D eigenvalue weighted by Gasteiger charge is 2.08. The van der Waals surface area contributed by atoms with Gasteiger partial charge in [-0.25, -0.2) is 4.99 Å². The molecule has 0 aliphatic carbocycles. The van der Waals surface area contributed by atoms with Crippen molar-refractivity contribution in [1.82, 2.24) is 10.2 Å². The number of aliphatic imine (C=N–C) groups is 1. The Morgan fingerprint density at radius 1 is 1.07 bits per heavy atom. The van der Waals surface area contributed by atoms with E-state index in [0.717, 1.165) is 30.6 Å². The van der Waals surface area contributed by atoms with Crippen LogP contribution in [0.4, 0.5) is 5.69 Å². The van der Waals surface area contributed by atoms with Crippen molar-refractivity contribution in [2.24, 2.45) is 10.7 Å². The van der Waals surface area contributed by atoms with E-state index >= 15 is 0 Å². The predicted molar refractivity (Wildman–Crippen MR) is 121 cm³/mol. The highest BCUT2D eigenvalue weighted by atomic mass is 16.1. The number of amides is 1. The number of hydrogen-bond donors (Lipinski definition) is 3. The van der Waals surface area contributed by atoms with Gasteiger partial charge in [0.1, 0.15) is 0 Å². The van der Waals surface area contributed by atoms with Crippen LogP contribution in [0.5, 0.6) is 0 Å². The fraction of sp³-hybridized carbons (Fsp3) is 0.391.